The van der Waals surface area contributed by atoms with E-state index < -0.39 is 17.6 Å². The number of aromatic amines is 1. The van der Waals surface area contributed by atoms with Crippen LogP contribution >= 0.6 is 0 Å². The fourth-order valence-electron chi connectivity index (χ4n) is 3.07. The van der Waals surface area contributed by atoms with Crippen molar-refractivity contribution >= 4 is 18.1 Å². The van der Waals surface area contributed by atoms with Gasteiger partial charge in [-0.1, -0.05) is 30.3 Å². The molecule has 1 aromatic heterocycles. The van der Waals surface area contributed by atoms with E-state index >= 15 is 0 Å². The topological polar surface area (TPSA) is 139 Å². The molecule has 0 saturated carbocycles. The van der Waals surface area contributed by atoms with Crippen LogP contribution in [0.3, 0.4) is 0 Å². The fraction of sp³-hybridized carbons (Fsp3) is 0.240. The standard InChI is InChI=1S/C25H25N5O5/c1-4-33-21-13-17(11-12-20(21)35-16(3)24(32)34-5-2)15-27-30-25-28-22(18-9-7-6-8-10-18)19(14-26)23(31)29-25/h6-13,15-16H,4-5H2,1-3H3,(H2,28,29,30,31). The van der Waals surface area contributed by atoms with Crippen molar-refractivity contribution in [2.45, 2.75) is 26.9 Å². The molecule has 2 N–H and O–H groups in total. The van der Waals surface area contributed by atoms with Crippen LogP contribution < -0.4 is 20.5 Å². The van der Waals surface area contributed by atoms with Gasteiger partial charge in [-0.3, -0.25) is 9.78 Å². The molecule has 0 amide bonds. The Morgan fingerprint density at radius 1 is 1.20 bits per heavy atom. The van der Waals surface area contributed by atoms with Crippen LogP contribution in [0.4, 0.5) is 5.95 Å². The van der Waals surface area contributed by atoms with Crippen LogP contribution in [-0.4, -0.2) is 41.5 Å². The van der Waals surface area contributed by atoms with Crippen LogP contribution in [-0.2, 0) is 9.53 Å². The predicted octanol–water partition coefficient (Wildman–Crippen LogP) is 3.48. The highest BCUT2D eigenvalue weighted by atomic mass is 16.6. The van der Waals surface area contributed by atoms with Crippen molar-refractivity contribution in [1.29, 1.82) is 5.26 Å². The normalized spacial score (nSPS) is 11.5. The first-order valence-electron chi connectivity index (χ1n) is 11.0. The minimum Gasteiger partial charge on any atom is -0.490 e. The summed E-state index contributed by atoms with van der Waals surface area (Å²) in [5, 5.41) is 13.5. The monoisotopic (exact) mass is 475 g/mol. The van der Waals surface area contributed by atoms with Crippen LogP contribution in [0.1, 0.15) is 31.9 Å². The van der Waals surface area contributed by atoms with Gasteiger partial charge in [0.15, 0.2) is 17.6 Å². The van der Waals surface area contributed by atoms with Gasteiger partial charge in [-0.05, 0) is 44.5 Å². The molecule has 0 aliphatic rings. The van der Waals surface area contributed by atoms with E-state index in [0.717, 1.165) is 0 Å². The first kappa shape index (κ1) is 25.0. The van der Waals surface area contributed by atoms with Crippen molar-refractivity contribution < 1.29 is 19.0 Å². The van der Waals surface area contributed by atoms with E-state index in [-0.39, 0.29) is 23.8 Å². The molecule has 1 heterocycles. The molecule has 2 aromatic carbocycles. The van der Waals surface area contributed by atoms with Crippen molar-refractivity contribution in [2.24, 2.45) is 5.10 Å². The molecule has 0 bridgehead atoms. The zero-order valence-electron chi connectivity index (χ0n) is 19.6. The molecular formula is C25H25N5O5. The van der Waals surface area contributed by atoms with Crippen LogP contribution in [0.25, 0.3) is 11.3 Å². The molecule has 0 radical (unpaired) electrons. The number of nitrogens with zero attached hydrogens (tertiary/aromatic N) is 3. The zero-order valence-corrected chi connectivity index (χ0v) is 19.6. The number of hydrogen-bond donors (Lipinski definition) is 2. The van der Waals surface area contributed by atoms with Crippen molar-refractivity contribution in [3.05, 3.63) is 70.0 Å². The molecule has 10 heteroatoms. The van der Waals surface area contributed by atoms with E-state index in [9.17, 15) is 14.9 Å². The van der Waals surface area contributed by atoms with Gasteiger partial charge in [0.2, 0.25) is 5.95 Å². The third-order valence-electron chi connectivity index (χ3n) is 4.65. The smallest absolute Gasteiger partial charge is 0.347 e. The van der Waals surface area contributed by atoms with Crippen molar-refractivity contribution in [3.63, 3.8) is 0 Å². The Hall–Kier alpha value is -4.65. The van der Waals surface area contributed by atoms with E-state index in [0.29, 0.717) is 29.2 Å². The van der Waals surface area contributed by atoms with E-state index in [4.69, 9.17) is 14.2 Å². The van der Waals surface area contributed by atoms with Gasteiger partial charge < -0.3 is 14.2 Å². The lowest BCUT2D eigenvalue weighted by atomic mass is 10.1. The first-order valence-corrected chi connectivity index (χ1v) is 11.0. The summed E-state index contributed by atoms with van der Waals surface area (Å²) in [7, 11) is 0. The Labute approximate surface area is 202 Å². The minimum absolute atomic E-state index is 0.0809. The number of benzene rings is 2. The molecule has 3 aromatic rings. The second kappa shape index (κ2) is 12.0. The summed E-state index contributed by atoms with van der Waals surface area (Å²) >= 11 is 0. The molecule has 1 unspecified atom stereocenters. The van der Waals surface area contributed by atoms with E-state index in [1.807, 2.05) is 19.1 Å². The molecule has 0 aliphatic heterocycles. The lowest BCUT2D eigenvalue weighted by Gasteiger charge is -2.16. The Kier molecular flexibility index (Phi) is 8.56. The minimum atomic E-state index is -0.798. The first-order chi connectivity index (χ1) is 17.0. The molecule has 1 atom stereocenters. The second-order valence-electron chi connectivity index (χ2n) is 7.14. The molecular weight excluding hydrogens is 450 g/mol. The number of hydrazone groups is 1. The molecule has 0 fully saturated rings. The maximum atomic E-state index is 12.4. The van der Waals surface area contributed by atoms with E-state index in [1.54, 1.807) is 56.3 Å². The lowest BCUT2D eigenvalue weighted by molar-refractivity contribution is -0.150. The molecule has 3 rings (SSSR count). The summed E-state index contributed by atoms with van der Waals surface area (Å²) in [6.07, 6.45) is 0.704. The highest BCUT2D eigenvalue weighted by Crippen LogP contribution is 2.29. The number of anilines is 1. The SMILES string of the molecule is CCOC(=O)C(C)Oc1ccc(C=NNc2nc(-c3ccccc3)c(C#N)c(=O)[nH]2)cc1OCC. The third kappa shape index (κ3) is 6.45. The maximum Gasteiger partial charge on any atom is 0.347 e. The lowest BCUT2D eigenvalue weighted by Crippen LogP contribution is -2.26. The Morgan fingerprint density at radius 2 is 1.97 bits per heavy atom. The number of carbonyl (C=O) groups excluding carboxylic acids is 1. The quantitative estimate of drug-likeness (QED) is 0.258. The number of H-pyrrole nitrogens is 1. The van der Waals surface area contributed by atoms with Gasteiger partial charge in [-0.25, -0.2) is 15.2 Å². The molecule has 180 valence electrons. The number of nitrogens with one attached hydrogen (secondary N) is 2. The number of carbonyl (C=O) groups is 1. The number of ether oxygens (including phenoxy) is 3. The number of esters is 1. The van der Waals surface area contributed by atoms with Crippen LogP contribution in [0.5, 0.6) is 11.5 Å². The number of hydrogen-bond acceptors (Lipinski definition) is 9. The number of aromatic nitrogens is 2. The van der Waals surface area contributed by atoms with Gasteiger partial charge >= 0.3 is 5.97 Å². The largest absolute Gasteiger partial charge is 0.490 e. The van der Waals surface area contributed by atoms with Crippen molar-refractivity contribution in [2.75, 3.05) is 18.6 Å². The molecule has 0 aliphatic carbocycles. The molecule has 10 nitrogen and oxygen atoms in total. The van der Waals surface area contributed by atoms with Gasteiger partial charge in [-0.15, -0.1) is 0 Å². The fourth-order valence-corrected chi connectivity index (χ4v) is 3.07. The predicted molar refractivity (Wildman–Crippen MR) is 131 cm³/mol. The Bertz CT molecular complexity index is 1300. The average Bonchev–Trinajstić information content (AvgIpc) is 2.86. The molecule has 0 saturated heterocycles. The Morgan fingerprint density at radius 3 is 2.66 bits per heavy atom. The van der Waals surface area contributed by atoms with Gasteiger partial charge in [0.1, 0.15) is 11.6 Å². The molecule has 35 heavy (non-hydrogen) atoms. The van der Waals surface area contributed by atoms with E-state index in [1.165, 1.54) is 6.21 Å². The number of rotatable bonds is 10. The Balaban J connectivity index is 1.80. The van der Waals surface area contributed by atoms with Gasteiger partial charge in [-0.2, -0.15) is 10.4 Å². The summed E-state index contributed by atoms with van der Waals surface area (Å²) in [5.74, 6) is 0.438. The second-order valence-corrected chi connectivity index (χ2v) is 7.14. The summed E-state index contributed by atoms with van der Waals surface area (Å²) in [6, 6.07) is 15.9. The highest BCUT2D eigenvalue weighted by Gasteiger charge is 2.18. The van der Waals surface area contributed by atoms with Gasteiger partial charge in [0.25, 0.3) is 5.56 Å². The summed E-state index contributed by atoms with van der Waals surface area (Å²) in [4.78, 5) is 31.1. The summed E-state index contributed by atoms with van der Waals surface area (Å²) in [6.45, 7) is 5.81. The highest BCUT2D eigenvalue weighted by molar-refractivity contribution is 5.81. The zero-order chi connectivity index (χ0) is 25.2. The van der Waals surface area contributed by atoms with E-state index in [2.05, 4.69) is 20.5 Å². The van der Waals surface area contributed by atoms with Gasteiger partial charge in [0, 0.05) is 5.56 Å². The van der Waals surface area contributed by atoms with Crippen molar-refractivity contribution in [1.82, 2.24) is 9.97 Å². The summed E-state index contributed by atoms with van der Waals surface area (Å²) in [5.41, 5.74) is 3.58. The van der Waals surface area contributed by atoms with Crippen molar-refractivity contribution in [3.8, 4) is 28.8 Å². The summed E-state index contributed by atoms with van der Waals surface area (Å²) < 4.78 is 16.3. The molecule has 0 spiro atoms. The van der Waals surface area contributed by atoms with Gasteiger partial charge in [0.05, 0.1) is 25.1 Å². The number of nitriles is 1. The maximum absolute atomic E-state index is 12.4. The van der Waals surface area contributed by atoms with Crippen LogP contribution in [0, 0.1) is 11.3 Å². The van der Waals surface area contributed by atoms with Crippen LogP contribution in [0.2, 0.25) is 0 Å². The third-order valence-corrected chi connectivity index (χ3v) is 4.65. The van der Waals surface area contributed by atoms with Crippen LogP contribution in [0.15, 0.2) is 58.4 Å². The average molecular weight is 476 g/mol.